The molecule has 1 aromatic rings. The van der Waals surface area contributed by atoms with Crippen LogP contribution in [0.1, 0.15) is 11.7 Å². The Morgan fingerprint density at radius 1 is 1.75 bits per heavy atom. The number of rotatable bonds is 3. The molecule has 0 spiro atoms. The Labute approximate surface area is 69.1 Å². The summed E-state index contributed by atoms with van der Waals surface area (Å²) in [6.45, 7) is 1.91. The van der Waals surface area contributed by atoms with Crippen LogP contribution in [0, 0.1) is 6.92 Å². The number of nitrogens with zero attached hydrogens (tertiary/aromatic N) is 2. The van der Waals surface area contributed by atoms with Crippen molar-refractivity contribution in [2.75, 3.05) is 6.54 Å². The van der Waals surface area contributed by atoms with Gasteiger partial charge in [0.2, 0.25) is 11.8 Å². The van der Waals surface area contributed by atoms with Crippen LogP contribution in [0.25, 0.3) is 0 Å². The first-order chi connectivity index (χ1) is 5.72. The summed E-state index contributed by atoms with van der Waals surface area (Å²) in [7, 11) is 0. The molecule has 0 aliphatic rings. The molecule has 0 aromatic carbocycles. The third-order valence-corrected chi connectivity index (χ3v) is 1.20. The highest BCUT2D eigenvalue weighted by molar-refractivity contribution is 5.77. The van der Waals surface area contributed by atoms with Crippen molar-refractivity contribution in [3.63, 3.8) is 0 Å². The monoisotopic (exact) mass is 170 g/mol. The average Bonchev–Trinajstić information content (AvgIpc) is 2.47. The predicted octanol–water partition coefficient (Wildman–Crippen LogP) is -1.05. The summed E-state index contributed by atoms with van der Waals surface area (Å²) in [5.41, 5.74) is 5.07. The number of carbonyl (C=O) groups is 1. The van der Waals surface area contributed by atoms with Gasteiger partial charge in [-0.25, -0.2) is 0 Å². The van der Waals surface area contributed by atoms with Crippen molar-refractivity contribution >= 4 is 5.91 Å². The van der Waals surface area contributed by atoms with Crippen molar-refractivity contribution in [1.29, 1.82) is 0 Å². The fourth-order valence-corrected chi connectivity index (χ4v) is 0.663. The minimum absolute atomic E-state index is 0.0309. The number of hydrogen-bond acceptors (Lipinski definition) is 5. The number of aryl methyl sites for hydroxylation is 1. The minimum atomic E-state index is -0.238. The second-order valence-electron chi connectivity index (χ2n) is 2.21. The van der Waals surface area contributed by atoms with Crippen LogP contribution < -0.4 is 11.1 Å². The summed E-state index contributed by atoms with van der Waals surface area (Å²) >= 11 is 0. The van der Waals surface area contributed by atoms with Crippen LogP contribution in [0.2, 0.25) is 0 Å². The second-order valence-corrected chi connectivity index (χ2v) is 2.21. The normalized spacial score (nSPS) is 9.83. The van der Waals surface area contributed by atoms with Crippen LogP contribution in [0.3, 0.4) is 0 Å². The number of aromatic nitrogens is 2. The van der Waals surface area contributed by atoms with Crippen LogP contribution in [-0.2, 0) is 11.3 Å². The third-order valence-electron chi connectivity index (χ3n) is 1.20. The van der Waals surface area contributed by atoms with E-state index in [0.717, 1.165) is 0 Å². The van der Waals surface area contributed by atoms with Gasteiger partial charge < -0.3 is 15.6 Å². The molecule has 1 heterocycles. The lowest BCUT2D eigenvalue weighted by Crippen LogP contribution is -2.30. The topological polar surface area (TPSA) is 94.0 Å². The SMILES string of the molecule is Cc1nc(CNC(=O)CN)no1. The maximum Gasteiger partial charge on any atom is 0.234 e. The summed E-state index contributed by atoms with van der Waals surface area (Å²) in [5, 5.41) is 6.09. The molecule has 0 aliphatic carbocycles. The van der Waals surface area contributed by atoms with E-state index in [9.17, 15) is 4.79 Å². The summed E-state index contributed by atoms with van der Waals surface area (Å²) in [4.78, 5) is 14.6. The molecular formula is C6H10N4O2. The molecule has 0 radical (unpaired) electrons. The zero-order valence-electron chi connectivity index (χ0n) is 6.70. The van der Waals surface area contributed by atoms with Gasteiger partial charge in [0.15, 0.2) is 5.82 Å². The molecule has 6 nitrogen and oxygen atoms in total. The highest BCUT2D eigenvalue weighted by Gasteiger charge is 2.02. The molecule has 0 saturated carbocycles. The van der Waals surface area contributed by atoms with Gasteiger partial charge in [-0.3, -0.25) is 4.79 Å². The van der Waals surface area contributed by atoms with Gasteiger partial charge in [0.1, 0.15) is 0 Å². The van der Waals surface area contributed by atoms with E-state index in [4.69, 9.17) is 5.73 Å². The quantitative estimate of drug-likeness (QED) is 0.603. The fraction of sp³-hybridized carbons (Fsp3) is 0.500. The molecule has 0 unspecified atom stereocenters. The van der Waals surface area contributed by atoms with Crippen LogP contribution >= 0.6 is 0 Å². The van der Waals surface area contributed by atoms with Crippen molar-refractivity contribution in [1.82, 2.24) is 15.5 Å². The van der Waals surface area contributed by atoms with E-state index < -0.39 is 0 Å². The Balaban J connectivity index is 2.38. The van der Waals surface area contributed by atoms with Crippen molar-refractivity contribution in [2.45, 2.75) is 13.5 Å². The van der Waals surface area contributed by atoms with Crippen molar-refractivity contribution in [3.8, 4) is 0 Å². The van der Waals surface area contributed by atoms with Gasteiger partial charge >= 0.3 is 0 Å². The van der Waals surface area contributed by atoms with Crippen LogP contribution in [-0.4, -0.2) is 22.6 Å². The number of hydrogen-bond donors (Lipinski definition) is 2. The molecule has 1 rings (SSSR count). The average molecular weight is 170 g/mol. The van der Waals surface area contributed by atoms with E-state index in [2.05, 4.69) is 20.0 Å². The van der Waals surface area contributed by atoms with Gasteiger partial charge in [-0.15, -0.1) is 0 Å². The van der Waals surface area contributed by atoms with E-state index in [1.807, 2.05) is 0 Å². The van der Waals surface area contributed by atoms with Crippen molar-refractivity contribution < 1.29 is 9.32 Å². The molecule has 3 N–H and O–H groups in total. The Morgan fingerprint density at radius 3 is 3.00 bits per heavy atom. The molecule has 0 saturated heterocycles. The molecule has 0 aliphatic heterocycles. The Hall–Kier alpha value is -1.43. The molecule has 1 aromatic heterocycles. The van der Waals surface area contributed by atoms with E-state index in [1.165, 1.54) is 0 Å². The first kappa shape index (κ1) is 8.66. The third kappa shape index (κ3) is 2.31. The van der Waals surface area contributed by atoms with Gasteiger partial charge in [-0.05, 0) is 0 Å². The maximum absolute atomic E-state index is 10.7. The Morgan fingerprint density at radius 2 is 2.50 bits per heavy atom. The smallest absolute Gasteiger partial charge is 0.234 e. The van der Waals surface area contributed by atoms with E-state index in [0.29, 0.717) is 11.7 Å². The van der Waals surface area contributed by atoms with Gasteiger partial charge in [0.25, 0.3) is 0 Å². The largest absolute Gasteiger partial charge is 0.348 e. The van der Waals surface area contributed by atoms with Gasteiger partial charge in [-0.2, -0.15) is 4.98 Å². The number of amides is 1. The highest BCUT2D eigenvalue weighted by Crippen LogP contribution is 1.93. The molecule has 66 valence electrons. The first-order valence-electron chi connectivity index (χ1n) is 3.48. The van der Waals surface area contributed by atoms with Gasteiger partial charge in [-0.1, -0.05) is 5.16 Å². The standard InChI is InChI=1S/C6H10N4O2/c1-4-9-5(10-12-4)3-8-6(11)2-7/h2-3,7H2,1H3,(H,8,11). The van der Waals surface area contributed by atoms with Gasteiger partial charge in [0, 0.05) is 6.92 Å². The Kier molecular flexibility index (Phi) is 2.76. The lowest BCUT2D eigenvalue weighted by Gasteiger charge is -1.96. The lowest BCUT2D eigenvalue weighted by atomic mass is 10.5. The second kappa shape index (κ2) is 3.82. The van der Waals surface area contributed by atoms with Crippen LogP contribution in [0.5, 0.6) is 0 Å². The zero-order chi connectivity index (χ0) is 8.97. The fourth-order valence-electron chi connectivity index (χ4n) is 0.663. The molecular weight excluding hydrogens is 160 g/mol. The van der Waals surface area contributed by atoms with E-state index in [1.54, 1.807) is 6.92 Å². The summed E-state index contributed by atoms with van der Waals surface area (Å²) in [5.74, 6) is 0.693. The predicted molar refractivity (Wildman–Crippen MR) is 39.9 cm³/mol. The number of nitrogens with one attached hydrogen (secondary N) is 1. The van der Waals surface area contributed by atoms with E-state index >= 15 is 0 Å². The van der Waals surface area contributed by atoms with Crippen molar-refractivity contribution in [2.24, 2.45) is 5.73 Å². The first-order valence-corrected chi connectivity index (χ1v) is 3.48. The Bertz CT molecular complexity index is 270. The van der Waals surface area contributed by atoms with Crippen molar-refractivity contribution in [3.05, 3.63) is 11.7 Å². The van der Waals surface area contributed by atoms with Crippen LogP contribution in [0.15, 0.2) is 4.52 Å². The van der Waals surface area contributed by atoms with Gasteiger partial charge in [0.05, 0.1) is 13.1 Å². The molecule has 12 heavy (non-hydrogen) atoms. The lowest BCUT2D eigenvalue weighted by molar-refractivity contribution is -0.119. The summed E-state index contributed by atoms with van der Waals surface area (Å²) in [6, 6.07) is 0. The zero-order valence-corrected chi connectivity index (χ0v) is 6.70. The highest BCUT2D eigenvalue weighted by atomic mass is 16.5. The molecule has 0 atom stereocenters. The molecule has 1 amide bonds. The number of nitrogens with two attached hydrogens (primary N) is 1. The molecule has 0 bridgehead atoms. The summed E-state index contributed by atoms with van der Waals surface area (Å²) in [6.07, 6.45) is 0. The molecule has 6 heteroatoms. The minimum Gasteiger partial charge on any atom is -0.348 e. The van der Waals surface area contributed by atoms with E-state index in [-0.39, 0.29) is 19.0 Å². The maximum atomic E-state index is 10.7. The summed E-state index contributed by atoms with van der Waals surface area (Å²) < 4.78 is 4.69. The molecule has 0 fully saturated rings. The van der Waals surface area contributed by atoms with Crippen LogP contribution in [0.4, 0.5) is 0 Å². The number of carbonyl (C=O) groups excluding carboxylic acids is 1.